The van der Waals surface area contributed by atoms with Crippen LogP contribution < -0.4 is 4.90 Å². The summed E-state index contributed by atoms with van der Waals surface area (Å²) < 4.78 is 0. The number of halogens is 2. The first kappa shape index (κ1) is 20.0. The molecule has 1 fully saturated rings. The number of rotatable bonds is 3. The molecule has 1 aliphatic heterocycles. The van der Waals surface area contributed by atoms with Crippen molar-refractivity contribution in [2.75, 3.05) is 4.90 Å². The number of hydrogen-bond donors (Lipinski definition) is 2. The Kier molecular flexibility index (Phi) is 5.24. The van der Waals surface area contributed by atoms with Crippen LogP contribution in [-0.2, 0) is 9.59 Å². The summed E-state index contributed by atoms with van der Waals surface area (Å²) in [5, 5.41) is 21.2. The Morgan fingerprint density at radius 1 is 0.867 bits per heavy atom. The van der Waals surface area contributed by atoms with Crippen LogP contribution in [0.5, 0.6) is 5.75 Å². The fourth-order valence-corrected chi connectivity index (χ4v) is 3.76. The summed E-state index contributed by atoms with van der Waals surface area (Å²) in [6.07, 6.45) is 0. The number of phenols is 1. The molecule has 3 aromatic carbocycles. The largest absolute Gasteiger partial charge is 0.508 e. The van der Waals surface area contributed by atoms with Crippen LogP contribution in [-0.4, -0.2) is 21.9 Å². The molecule has 2 N–H and O–H groups in total. The van der Waals surface area contributed by atoms with Gasteiger partial charge in [-0.1, -0.05) is 53.5 Å². The van der Waals surface area contributed by atoms with Crippen molar-refractivity contribution >= 4 is 46.3 Å². The monoisotopic (exact) mass is 439 g/mol. The number of nitrogens with zero attached hydrogens (tertiary/aromatic N) is 1. The summed E-state index contributed by atoms with van der Waals surface area (Å²) >= 11 is 12.0. The van der Waals surface area contributed by atoms with Crippen LogP contribution in [0, 0.1) is 0 Å². The molecule has 0 spiro atoms. The van der Waals surface area contributed by atoms with E-state index in [2.05, 4.69) is 0 Å². The molecule has 1 heterocycles. The van der Waals surface area contributed by atoms with E-state index in [4.69, 9.17) is 23.2 Å². The topological polar surface area (TPSA) is 77.8 Å². The van der Waals surface area contributed by atoms with E-state index < -0.39 is 17.7 Å². The fraction of sp³-hybridized carbons (Fsp3) is 0.0435. The predicted octanol–water partition coefficient (Wildman–Crippen LogP) is 5.33. The minimum Gasteiger partial charge on any atom is -0.508 e. The average Bonchev–Trinajstić information content (AvgIpc) is 3.01. The van der Waals surface area contributed by atoms with Crippen LogP contribution in [0.25, 0.3) is 5.76 Å². The highest BCUT2D eigenvalue weighted by atomic mass is 35.5. The molecule has 1 aliphatic rings. The summed E-state index contributed by atoms with van der Waals surface area (Å²) in [6, 6.07) is 18.4. The molecular formula is C23H15Cl2NO4. The van der Waals surface area contributed by atoms with Gasteiger partial charge >= 0.3 is 0 Å². The molecule has 150 valence electrons. The zero-order valence-corrected chi connectivity index (χ0v) is 16.9. The number of aliphatic hydroxyl groups excluding tert-OH is 1. The number of aliphatic hydroxyl groups is 1. The van der Waals surface area contributed by atoms with E-state index in [9.17, 15) is 19.8 Å². The maximum Gasteiger partial charge on any atom is 0.300 e. The number of Topliss-reactive ketones (excluding diaryl/α,β-unsaturated/α-hetero) is 1. The van der Waals surface area contributed by atoms with Gasteiger partial charge in [-0.15, -0.1) is 0 Å². The zero-order chi connectivity index (χ0) is 21.4. The number of amides is 1. The molecule has 7 heteroatoms. The Balaban J connectivity index is 1.95. The third-order valence-electron chi connectivity index (χ3n) is 4.88. The van der Waals surface area contributed by atoms with E-state index >= 15 is 0 Å². The van der Waals surface area contributed by atoms with Crippen molar-refractivity contribution in [2.45, 2.75) is 6.04 Å². The summed E-state index contributed by atoms with van der Waals surface area (Å²) in [5.74, 6) is -1.90. The molecule has 1 unspecified atom stereocenters. The van der Waals surface area contributed by atoms with E-state index in [0.29, 0.717) is 16.3 Å². The Morgan fingerprint density at radius 3 is 2.17 bits per heavy atom. The Bertz CT molecular complexity index is 1170. The summed E-state index contributed by atoms with van der Waals surface area (Å²) in [5.41, 5.74) is 1.25. The number of benzene rings is 3. The Hall–Kier alpha value is -3.28. The Labute approximate surface area is 182 Å². The molecule has 3 aromatic rings. The Morgan fingerprint density at radius 2 is 1.53 bits per heavy atom. The molecule has 4 rings (SSSR count). The second-order valence-electron chi connectivity index (χ2n) is 6.73. The normalized spacial score (nSPS) is 18.1. The van der Waals surface area contributed by atoms with Gasteiger partial charge in [-0.3, -0.25) is 14.5 Å². The van der Waals surface area contributed by atoms with Crippen LogP contribution in [0.4, 0.5) is 5.69 Å². The summed E-state index contributed by atoms with van der Waals surface area (Å²) in [7, 11) is 0. The minimum absolute atomic E-state index is 0.0416. The van der Waals surface area contributed by atoms with Crippen molar-refractivity contribution in [1.29, 1.82) is 0 Å². The molecule has 1 atom stereocenters. The molecule has 5 nitrogen and oxygen atoms in total. The summed E-state index contributed by atoms with van der Waals surface area (Å²) in [6.45, 7) is 0. The number of phenolic OH excluding ortho intramolecular Hbond substituents is 1. The van der Waals surface area contributed by atoms with Gasteiger partial charge in [-0.2, -0.15) is 0 Å². The van der Waals surface area contributed by atoms with Crippen LogP contribution in [0.1, 0.15) is 17.2 Å². The van der Waals surface area contributed by atoms with E-state index in [-0.39, 0.29) is 27.7 Å². The average molecular weight is 440 g/mol. The van der Waals surface area contributed by atoms with E-state index in [1.165, 1.54) is 35.2 Å². The van der Waals surface area contributed by atoms with Gasteiger partial charge in [0.1, 0.15) is 11.5 Å². The molecule has 0 aromatic heterocycles. The predicted molar refractivity (Wildman–Crippen MR) is 116 cm³/mol. The van der Waals surface area contributed by atoms with E-state index in [1.807, 2.05) is 0 Å². The lowest BCUT2D eigenvalue weighted by molar-refractivity contribution is -0.132. The quantitative estimate of drug-likeness (QED) is 0.328. The second kappa shape index (κ2) is 7.86. The zero-order valence-electron chi connectivity index (χ0n) is 15.4. The van der Waals surface area contributed by atoms with Crippen molar-refractivity contribution in [3.8, 4) is 5.75 Å². The molecule has 0 radical (unpaired) electrons. The van der Waals surface area contributed by atoms with Crippen molar-refractivity contribution in [2.24, 2.45) is 0 Å². The van der Waals surface area contributed by atoms with Gasteiger partial charge in [-0.05, 0) is 48.0 Å². The highest BCUT2D eigenvalue weighted by Gasteiger charge is 2.46. The molecular weight excluding hydrogens is 425 g/mol. The number of carbonyl (C=O) groups excluding carboxylic acids is 2. The van der Waals surface area contributed by atoms with Gasteiger partial charge in [-0.25, -0.2) is 0 Å². The van der Waals surface area contributed by atoms with Gasteiger partial charge in [0.2, 0.25) is 0 Å². The highest BCUT2D eigenvalue weighted by molar-refractivity contribution is 6.51. The van der Waals surface area contributed by atoms with E-state index in [1.54, 1.807) is 42.5 Å². The summed E-state index contributed by atoms with van der Waals surface area (Å²) in [4.78, 5) is 27.3. The molecule has 0 bridgehead atoms. The van der Waals surface area contributed by atoms with Crippen molar-refractivity contribution in [3.05, 3.63) is 99.5 Å². The first-order chi connectivity index (χ1) is 14.4. The molecule has 1 amide bonds. The minimum atomic E-state index is -0.887. The van der Waals surface area contributed by atoms with Crippen LogP contribution >= 0.6 is 23.2 Å². The lowest BCUT2D eigenvalue weighted by Crippen LogP contribution is -2.29. The molecule has 30 heavy (non-hydrogen) atoms. The van der Waals surface area contributed by atoms with Crippen molar-refractivity contribution < 1.29 is 19.8 Å². The van der Waals surface area contributed by atoms with Gasteiger partial charge in [0.25, 0.3) is 11.7 Å². The number of para-hydroxylation sites is 1. The third-order valence-corrected chi connectivity index (χ3v) is 5.62. The maximum absolute atomic E-state index is 13.0. The molecule has 0 aliphatic carbocycles. The standard InChI is InChI=1S/C23H15Cl2NO4/c24-17-11-8-14(12-18(17)25)21(28)19-20(13-6-9-16(27)10-7-13)26(23(30)22(19)29)15-4-2-1-3-5-15/h1-12,20,27-28H/b21-19-. The lowest BCUT2D eigenvalue weighted by Gasteiger charge is -2.25. The maximum atomic E-state index is 13.0. The van der Waals surface area contributed by atoms with Crippen LogP contribution in [0.3, 0.4) is 0 Å². The molecule has 0 saturated carbocycles. The van der Waals surface area contributed by atoms with Crippen molar-refractivity contribution in [1.82, 2.24) is 0 Å². The van der Waals surface area contributed by atoms with Gasteiger partial charge < -0.3 is 10.2 Å². The van der Waals surface area contributed by atoms with Gasteiger partial charge in [0, 0.05) is 11.3 Å². The fourth-order valence-electron chi connectivity index (χ4n) is 3.46. The van der Waals surface area contributed by atoms with E-state index in [0.717, 1.165) is 0 Å². The molecule has 1 saturated heterocycles. The number of anilines is 1. The highest BCUT2D eigenvalue weighted by Crippen LogP contribution is 2.42. The first-order valence-corrected chi connectivity index (χ1v) is 9.74. The number of ketones is 1. The number of carbonyl (C=O) groups is 2. The SMILES string of the molecule is O=C1C(=O)N(c2ccccc2)C(c2ccc(O)cc2)/C1=C(/O)c1ccc(Cl)c(Cl)c1. The number of hydrogen-bond acceptors (Lipinski definition) is 4. The third kappa shape index (κ3) is 3.43. The van der Waals surface area contributed by atoms with Crippen molar-refractivity contribution in [3.63, 3.8) is 0 Å². The van der Waals surface area contributed by atoms with Gasteiger partial charge in [0.05, 0.1) is 21.7 Å². The van der Waals surface area contributed by atoms with Crippen LogP contribution in [0.15, 0.2) is 78.4 Å². The number of aromatic hydroxyl groups is 1. The van der Waals surface area contributed by atoms with Gasteiger partial charge in [0.15, 0.2) is 0 Å². The first-order valence-electron chi connectivity index (χ1n) is 8.99. The lowest BCUT2D eigenvalue weighted by atomic mass is 9.95. The van der Waals surface area contributed by atoms with Crippen LogP contribution in [0.2, 0.25) is 10.0 Å². The smallest absolute Gasteiger partial charge is 0.300 e. The second-order valence-corrected chi connectivity index (χ2v) is 7.54.